The molecule has 120 valence electrons. The van der Waals surface area contributed by atoms with Gasteiger partial charge in [0.25, 0.3) is 0 Å². The summed E-state index contributed by atoms with van der Waals surface area (Å²) >= 11 is 0. The third-order valence-electron chi connectivity index (χ3n) is 5.73. The summed E-state index contributed by atoms with van der Waals surface area (Å²) in [5.41, 5.74) is 4.80. The van der Waals surface area contributed by atoms with Gasteiger partial charge in [-0.3, -0.25) is 9.80 Å². The first kappa shape index (κ1) is 14.7. The zero-order valence-corrected chi connectivity index (χ0v) is 13.7. The van der Waals surface area contributed by atoms with Crippen LogP contribution in [-0.4, -0.2) is 55.6 Å². The molecule has 0 radical (unpaired) electrons. The Morgan fingerprint density at radius 1 is 0.909 bits per heavy atom. The van der Waals surface area contributed by atoms with Crippen LogP contribution in [0.5, 0.6) is 0 Å². The third kappa shape index (κ3) is 3.08. The number of piperazine rings is 1. The van der Waals surface area contributed by atoms with E-state index in [1.165, 1.54) is 64.8 Å². The summed E-state index contributed by atoms with van der Waals surface area (Å²) in [7, 11) is 0. The van der Waals surface area contributed by atoms with E-state index >= 15 is 0 Å². The van der Waals surface area contributed by atoms with Gasteiger partial charge in [-0.25, -0.2) is 0 Å². The van der Waals surface area contributed by atoms with Crippen molar-refractivity contribution in [1.82, 2.24) is 15.1 Å². The van der Waals surface area contributed by atoms with Gasteiger partial charge in [0.2, 0.25) is 0 Å². The molecule has 1 N–H and O–H groups in total. The fourth-order valence-corrected chi connectivity index (χ4v) is 4.42. The predicted molar refractivity (Wildman–Crippen MR) is 91.3 cm³/mol. The first-order valence-corrected chi connectivity index (χ1v) is 9.19. The van der Waals surface area contributed by atoms with Crippen LogP contribution in [0.1, 0.15) is 42.0 Å². The summed E-state index contributed by atoms with van der Waals surface area (Å²) in [6, 6.07) is 7.98. The Bertz CT molecular complexity index is 501. The van der Waals surface area contributed by atoms with E-state index in [1.807, 2.05) is 0 Å². The Labute approximate surface area is 134 Å². The molecule has 1 aromatic rings. The lowest BCUT2D eigenvalue weighted by atomic mass is 9.99. The SMILES string of the molecule is c1cc2c(cc1C(CN1CCNCC1)N1CCCC1)CCC2. The van der Waals surface area contributed by atoms with Gasteiger partial charge < -0.3 is 5.32 Å². The largest absolute Gasteiger partial charge is 0.314 e. The van der Waals surface area contributed by atoms with Crippen LogP contribution in [0.25, 0.3) is 0 Å². The lowest BCUT2D eigenvalue weighted by molar-refractivity contribution is 0.150. The lowest BCUT2D eigenvalue weighted by Gasteiger charge is -2.35. The molecule has 1 unspecified atom stereocenters. The highest BCUT2D eigenvalue weighted by atomic mass is 15.2. The zero-order valence-electron chi connectivity index (χ0n) is 13.7. The van der Waals surface area contributed by atoms with E-state index in [2.05, 4.69) is 33.3 Å². The van der Waals surface area contributed by atoms with Crippen molar-refractivity contribution in [3.63, 3.8) is 0 Å². The molecule has 2 saturated heterocycles. The number of likely N-dealkylation sites (tertiary alicyclic amines) is 1. The second kappa shape index (κ2) is 6.69. The second-order valence-electron chi connectivity index (χ2n) is 7.19. The molecular formula is C19H29N3. The van der Waals surface area contributed by atoms with Crippen LogP contribution in [0.2, 0.25) is 0 Å². The van der Waals surface area contributed by atoms with Crippen molar-refractivity contribution in [3.05, 3.63) is 34.9 Å². The Kier molecular flexibility index (Phi) is 4.47. The molecule has 4 rings (SSSR count). The van der Waals surface area contributed by atoms with Crippen LogP contribution in [0.4, 0.5) is 0 Å². The van der Waals surface area contributed by atoms with Gasteiger partial charge in [-0.15, -0.1) is 0 Å². The summed E-state index contributed by atoms with van der Waals surface area (Å²) < 4.78 is 0. The number of fused-ring (bicyclic) bond motifs is 1. The molecule has 0 aromatic heterocycles. The summed E-state index contributed by atoms with van der Waals surface area (Å²) in [5, 5.41) is 3.48. The van der Waals surface area contributed by atoms with Crippen molar-refractivity contribution in [2.24, 2.45) is 0 Å². The minimum atomic E-state index is 0.603. The third-order valence-corrected chi connectivity index (χ3v) is 5.73. The van der Waals surface area contributed by atoms with Crippen LogP contribution in [0.15, 0.2) is 18.2 Å². The van der Waals surface area contributed by atoms with Crippen molar-refractivity contribution in [1.29, 1.82) is 0 Å². The molecule has 3 aliphatic rings. The molecule has 1 aromatic carbocycles. The van der Waals surface area contributed by atoms with Gasteiger partial charge >= 0.3 is 0 Å². The first-order valence-electron chi connectivity index (χ1n) is 9.19. The monoisotopic (exact) mass is 299 g/mol. The summed E-state index contributed by atoms with van der Waals surface area (Å²) in [5.74, 6) is 0. The van der Waals surface area contributed by atoms with Crippen molar-refractivity contribution in [3.8, 4) is 0 Å². The summed E-state index contributed by atoms with van der Waals surface area (Å²) in [6.45, 7) is 8.49. The van der Waals surface area contributed by atoms with E-state index in [1.54, 1.807) is 16.7 Å². The molecule has 2 heterocycles. The Morgan fingerprint density at radius 2 is 1.68 bits per heavy atom. The predicted octanol–water partition coefficient (Wildman–Crippen LogP) is 2.22. The number of rotatable bonds is 4. The Balaban J connectivity index is 1.55. The van der Waals surface area contributed by atoms with Crippen LogP contribution in [-0.2, 0) is 12.8 Å². The number of nitrogens with one attached hydrogen (secondary N) is 1. The maximum Gasteiger partial charge on any atom is 0.0475 e. The van der Waals surface area contributed by atoms with Crippen LogP contribution in [0.3, 0.4) is 0 Å². The molecule has 22 heavy (non-hydrogen) atoms. The van der Waals surface area contributed by atoms with Crippen molar-refractivity contribution in [2.45, 2.75) is 38.1 Å². The molecular weight excluding hydrogens is 270 g/mol. The first-order chi connectivity index (χ1) is 10.9. The minimum absolute atomic E-state index is 0.603. The standard InChI is InChI=1S/C19H29N3/c1-2-11-22(10-1)19(15-21-12-8-20-9-13-21)18-7-6-16-4-3-5-17(16)14-18/h6-7,14,19-20H,1-5,8-13,15H2. The highest BCUT2D eigenvalue weighted by Crippen LogP contribution is 2.30. The van der Waals surface area contributed by atoms with E-state index in [0.29, 0.717) is 6.04 Å². The Morgan fingerprint density at radius 3 is 2.50 bits per heavy atom. The zero-order chi connectivity index (χ0) is 14.8. The van der Waals surface area contributed by atoms with Gasteiger partial charge in [-0.2, -0.15) is 0 Å². The molecule has 2 aliphatic heterocycles. The van der Waals surface area contributed by atoms with Gasteiger partial charge in [0, 0.05) is 38.8 Å². The van der Waals surface area contributed by atoms with Crippen molar-refractivity contribution < 1.29 is 0 Å². The molecule has 3 nitrogen and oxygen atoms in total. The normalized spacial score (nSPS) is 24.5. The number of aryl methyl sites for hydroxylation is 2. The molecule has 0 spiro atoms. The van der Waals surface area contributed by atoms with Gasteiger partial charge in [-0.05, 0) is 61.9 Å². The minimum Gasteiger partial charge on any atom is -0.314 e. The summed E-state index contributed by atoms with van der Waals surface area (Å²) in [6.07, 6.45) is 6.70. The molecule has 1 aliphatic carbocycles. The maximum atomic E-state index is 3.48. The molecule has 0 amide bonds. The van der Waals surface area contributed by atoms with E-state index in [-0.39, 0.29) is 0 Å². The molecule has 1 atom stereocenters. The average Bonchev–Trinajstić information content (AvgIpc) is 3.24. The number of hydrogen-bond donors (Lipinski definition) is 1. The number of hydrogen-bond acceptors (Lipinski definition) is 3. The van der Waals surface area contributed by atoms with Crippen molar-refractivity contribution >= 4 is 0 Å². The molecule has 3 heteroatoms. The highest BCUT2D eigenvalue weighted by Gasteiger charge is 2.27. The fourth-order valence-electron chi connectivity index (χ4n) is 4.42. The van der Waals surface area contributed by atoms with E-state index in [4.69, 9.17) is 0 Å². The van der Waals surface area contributed by atoms with Crippen LogP contribution in [0, 0.1) is 0 Å². The quantitative estimate of drug-likeness (QED) is 0.920. The van der Waals surface area contributed by atoms with Crippen molar-refractivity contribution in [2.75, 3.05) is 45.8 Å². The smallest absolute Gasteiger partial charge is 0.0475 e. The fraction of sp³-hybridized carbons (Fsp3) is 0.684. The topological polar surface area (TPSA) is 18.5 Å². The number of benzene rings is 1. The van der Waals surface area contributed by atoms with Gasteiger partial charge in [0.1, 0.15) is 0 Å². The molecule has 0 bridgehead atoms. The average molecular weight is 299 g/mol. The van der Waals surface area contributed by atoms with Gasteiger partial charge in [0.05, 0.1) is 0 Å². The summed E-state index contributed by atoms with van der Waals surface area (Å²) in [4.78, 5) is 5.39. The van der Waals surface area contributed by atoms with E-state index < -0.39 is 0 Å². The van der Waals surface area contributed by atoms with Gasteiger partial charge in [0.15, 0.2) is 0 Å². The highest BCUT2D eigenvalue weighted by molar-refractivity contribution is 5.36. The van der Waals surface area contributed by atoms with Gasteiger partial charge in [-0.1, -0.05) is 18.2 Å². The van der Waals surface area contributed by atoms with E-state index in [0.717, 1.165) is 13.1 Å². The molecule has 2 fully saturated rings. The molecule has 0 saturated carbocycles. The number of nitrogens with zero attached hydrogens (tertiary/aromatic N) is 2. The maximum absolute atomic E-state index is 3.48. The van der Waals surface area contributed by atoms with Crippen LogP contribution >= 0.6 is 0 Å². The Hall–Kier alpha value is -0.900. The van der Waals surface area contributed by atoms with Crippen LogP contribution < -0.4 is 5.32 Å². The van der Waals surface area contributed by atoms with E-state index in [9.17, 15) is 0 Å². The second-order valence-corrected chi connectivity index (χ2v) is 7.19. The lowest BCUT2D eigenvalue weighted by Crippen LogP contribution is -2.47.